The Bertz CT molecular complexity index is 623. The predicted octanol–water partition coefficient (Wildman–Crippen LogP) is 2.34. The summed E-state index contributed by atoms with van der Waals surface area (Å²) in [4.78, 5) is 4.35. The van der Waals surface area contributed by atoms with Crippen molar-refractivity contribution in [3.63, 3.8) is 0 Å². The molecule has 1 aliphatic rings. The number of hydrogen-bond acceptors (Lipinski definition) is 7. The monoisotopic (exact) mass is 305 g/mol. The van der Waals surface area contributed by atoms with Gasteiger partial charge in [0.1, 0.15) is 0 Å². The smallest absolute Gasteiger partial charge is 0.321 e. The molecular formula is C15H19N3O4. The number of nitrogens with zero attached hydrogens (tertiary/aromatic N) is 2. The number of nitrogens with one attached hydrogen (secondary N) is 1. The molecule has 118 valence electrons. The maximum Gasteiger partial charge on any atom is 0.321 e. The van der Waals surface area contributed by atoms with Crippen LogP contribution >= 0.6 is 0 Å². The van der Waals surface area contributed by atoms with Crippen LogP contribution in [0.15, 0.2) is 22.7 Å². The summed E-state index contributed by atoms with van der Waals surface area (Å²) in [6, 6.07) is 5.90. The van der Waals surface area contributed by atoms with Crippen molar-refractivity contribution < 1.29 is 18.7 Å². The minimum atomic E-state index is 0.210. The first-order chi connectivity index (χ1) is 10.8. The Kier molecular flexibility index (Phi) is 4.43. The van der Waals surface area contributed by atoms with E-state index in [4.69, 9.17) is 18.7 Å². The molecule has 0 amide bonds. The normalized spacial score (nSPS) is 17.5. The first-order valence-electron chi connectivity index (χ1n) is 7.22. The average molecular weight is 305 g/mol. The van der Waals surface area contributed by atoms with Crippen LogP contribution in [-0.2, 0) is 4.74 Å². The minimum absolute atomic E-state index is 0.210. The summed E-state index contributed by atoms with van der Waals surface area (Å²) < 4.78 is 21.4. The van der Waals surface area contributed by atoms with E-state index in [0.29, 0.717) is 29.9 Å². The van der Waals surface area contributed by atoms with Crippen LogP contribution in [0, 0.1) is 0 Å². The lowest BCUT2D eigenvalue weighted by Crippen LogP contribution is -2.18. The van der Waals surface area contributed by atoms with Crippen LogP contribution in [0.4, 0.5) is 6.01 Å². The van der Waals surface area contributed by atoms with Crippen LogP contribution in [0.1, 0.15) is 12.8 Å². The molecule has 0 aliphatic carbocycles. The van der Waals surface area contributed by atoms with Gasteiger partial charge in [-0.25, -0.2) is 0 Å². The molecule has 7 heteroatoms. The fourth-order valence-electron chi connectivity index (χ4n) is 2.47. The maximum atomic E-state index is 5.54. The molecule has 0 radical (unpaired) electrons. The molecule has 2 aromatic rings. The van der Waals surface area contributed by atoms with Gasteiger partial charge < -0.3 is 24.1 Å². The van der Waals surface area contributed by atoms with Crippen LogP contribution in [0.3, 0.4) is 0 Å². The predicted molar refractivity (Wildman–Crippen MR) is 80.3 cm³/mol. The molecule has 1 aliphatic heterocycles. The second-order valence-electron chi connectivity index (χ2n) is 4.98. The zero-order chi connectivity index (χ0) is 15.4. The first kappa shape index (κ1) is 14.6. The summed E-state index contributed by atoms with van der Waals surface area (Å²) in [5.41, 5.74) is 0.718. The molecule has 1 atom stereocenters. The van der Waals surface area contributed by atoms with Gasteiger partial charge >= 0.3 is 6.01 Å². The highest BCUT2D eigenvalue weighted by Gasteiger charge is 2.19. The van der Waals surface area contributed by atoms with E-state index >= 15 is 0 Å². The second kappa shape index (κ2) is 6.65. The fraction of sp³-hybridized carbons (Fsp3) is 0.467. The van der Waals surface area contributed by atoms with Gasteiger partial charge in [-0.1, -0.05) is 11.2 Å². The highest BCUT2D eigenvalue weighted by atomic mass is 16.5. The van der Waals surface area contributed by atoms with Gasteiger partial charge in [-0.05, 0) is 25.0 Å². The molecular weight excluding hydrogens is 286 g/mol. The van der Waals surface area contributed by atoms with Crippen molar-refractivity contribution in [3.05, 3.63) is 18.2 Å². The van der Waals surface area contributed by atoms with Crippen molar-refractivity contribution in [1.29, 1.82) is 0 Å². The molecule has 1 aromatic carbocycles. The molecule has 1 N–H and O–H groups in total. The molecule has 1 unspecified atom stereocenters. The summed E-state index contributed by atoms with van der Waals surface area (Å²) in [5, 5.41) is 7.10. The fourth-order valence-corrected chi connectivity index (χ4v) is 2.47. The lowest BCUT2D eigenvalue weighted by molar-refractivity contribution is 0.120. The minimum Gasteiger partial charge on any atom is -0.493 e. The molecule has 0 spiro atoms. The molecule has 3 rings (SSSR count). The third kappa shape index (κ3) is 2.99. The van der Waals surface area contributed by atoms with Gasteiger partial charge in [0, 0.05) is 13.2 Å². The Balaban J connectivity index is 1.75. The van der Waals surface area contributed by atoms with Gasteiger partial charge in [-0.2, -0.15) is 4.98 Å². The van der Waals surface area contributed by atoms with Crippen molar-refractivity contribution >= 4 is 6.01 Å². The average Bonchev–Trinajstić information content (AvgIpc) is 3.23. The third-order valence-corrected chi connectivity index (χ3v) is 3.57. The number of ether oxygens (including phenoxy) is 3. The van der Waals surface area contributed by atoms with Crippen LogP contribution < -0.4 is 14.8 Å². The van der Waals surface area contributed by atoms with E-state index in [1.54, 1.807) is 14.2 Å². The van der Waals surface area contributed by atoms with Gasteiger partial charge in [0.05, 0.1) is 25.9 Å². The number of anilines is 1. The van der Waals surface area contributed by atoms with Crippen molar-refractivity contribution in [2.75, 3.05) is 32.7 Å². The summed E-state index contributed by atoms with van der Waals surface area (Å²) in [6.07, 6.45) is 2.36. The van der Waals surface area contributed by atoms with Gasteiger partial charge in [0.25, 0.3) is 0 Å². The Morgan fingerprint density at radius 2 is 2.23 bits per heavy atom. The van der Waals surface area contributed by atoms with Crippen molar-refractivity contribution in [1.82, 2.24) is 10.1 Å². The number of para-hydroxylation sites is 1. The lowest BCUT2D eigenvalue weighted by Gasteiger charge is -2.09. The molecule has 22 heavy (non-hydrogen) atoms. The van der Waals surface area contributed by atoms with Gasteiger partial charge in [0.15, 0.2) is 11.5 Å². The van der Waals surface area contributed by atoms with E-state index in [1.807, 2.05) is 18.2 Å². The number of aromatic nitrogens is 2. The summed E-state index contributed by atoms with van der Waals surface area (Å²) in [5.74, 6) is 1.65. The molecule has 2 heterocycles. The van der Waals surface area contributed by atoms with Crippen molar-refractivity contribution in [2.24, 2.45) is 0 Å². The van der Waals surface area contributed by atoms with Crippen molar-refractivity contribution in [2.45, 2.75) is 18.9 Å². The standard InChI is InChI=1S/C15H19N3O4/c1-19-12-7-3-6-11(13(12)20-2)14-17-15(22-18-14)16-9-10-5-4-8-21-10/h3,6-7,10H,4-5,8-9H2,1-2H3,(H,16,17,18). The zero-order valence-corrected chi connectivity index (χ0v) is 12.7. The molecule has 0 bridgehead atoms. The third-order valence-electron chi connectivity index (χ3n) is 3.57. The summed E-state index contributed by atoms with van der Waals surface area (Å²) >= 11 is 0. The number of methoxy groups -OCH3 is 2. The van der Waals surface area contributed by atoms with Gasteiger partial charge in [-0.3, -0.25) is 0 Å². The number of benzene rings is 1. The van der Waals surface area contributed by atoms with E-state index < -0.39 is 0 Å². The summed E-state index contributed by atoms with van der Waals surface area (Å²) in [6.45, 7) is 1.49. The molecule has 0 saturated carbocycles. The van der Waals surface area contributed by atoms with Crippen LogP contribution in [0.2, 0.25) is 0 Å². The second-order valence-corrected chi connectivity index (χ2v) is 4.98. The lowest BCUT2D eigenvalue weighted by atomic mass is 10.2. The highest BCUT2D eigenvalue weighted by Crippen LogP contribution is 2.36. The Morgan fingerprint density at radius 1 is 1.32 bits per heavy atom. The number of rotatable bonds is 6. The van der Waals surface area contributed by atoms with Gasteiger partial charge in [-0.15, -0.1) is 0 Å². The Labute approximate surface area is 128 Å². The number of hydrogen-bond donors (Lipinski definition) is 1. The SMILES string of the molecule is COc1cccc(-c2noc(NCC3CCCO3)n2)c1OC. The Morgan fingerprint density at radius 3 is 2.95 bits per heavy atom. The van der Waals surface area contributed by atoms with Gasteiger partial charge in [0.2, 0.25) is 5.82 Å². The van der Waals surface area contributed by atoms with Crippen LogP contribution in [0.25, 0.3) is 11.4 Å². The molecule has 1 aromatic heterocycles. The topological polar surface area (TPSA) is 78.6 Å². The maximum absolute atomic E-state index is 5.54. The zero-order valence-electron chi connectivity index (χ0n) is 12.7. The van der Waals surface area contributed by atoms with E-state index in [9.17, 15) is 0 Å². The van der Waals surface area contributed by atoms with E-state index in [0.717, 1.165) is 25.0 Å². The Hall–Kier alpha value is -2.28. The van der Waals surface area contributed by atoms with Crippen LogP contribution in [-0.4, -0.2) is 43.6 Å². The first-order valence-corrected chi connectivity index (χ1v) is 7.22. The molecule has 1 saturated heterocycles. The van der Waals surface area contributed by atoms with E-state index in [-0.39, 0.29) is 6.10 Å². The molecule has 7 nitrogen and oxygen atoms in total. The summed E-state index contributed by atoms with van der Waals surface area (Å²) in [7, 11) is 3.17. The molecule has 1 fully saturated rings. The van der Waals surface area contributed by atoms with Crippen LogP contribution in [0.5, 0.6) is 11.5 Å². The van der Waals surface area contributed by atoms with E-state index in [2.05, 4.69) is 15.5 Å². The highest BCUT2D eigenvalue weighted by molar-refractivity contribution is 5.68. The van der Waals surface area contributed by atoms with E-state index in [1.165, 1.54) is 0 Å². The quantitative estimate of drug-likeness (QED) is 0.877. The van der Waals surface area contributed by atoms with Crippen molar-refractivity contribution in [3.8, 4) is 22.9 Å². The largest absolute Gasteiger partial charge is 0.493 e.